The minimum Gasteiger partial charge on any atom is -0.405 e. The summed E-state index contributed by atoms with van der Waals surface area (Å²) in [5.74, 6) is 0.424. The molecule has 0 amide bonds. The fraction of sp³-hybridized carbons (Fsp3) is 0.314. The van der Waals surface area contributed by atoms with Gasteiger partial charge in [0, 0.05) is 30.8 Å². The Morgan fingerprint density at radius 3 is 1.91 bits per heavy atom. The third-order valence-electron chi connectivity index (χ3n) is 7.37. The SMILES string of the molecule is CC(=O)c1cn(CCOCCO[Si](c2ccccc2)(c2ccccc2)C(C)(C)C)c(-c2ccc(C)cc2C(C)=O)n1.O=C=O. The Morgan fingerprint density at radius 1 is 0.841 bits per heavy atom. The second kappa shape index (κ2) is 15.5. The van der Waals surface area contributed by atoms with E-state index in [-0.39, 0.29) is 22.8 Å². The van der Waals surface area contributed by atoms with Crippen molar-refractivity contribution in [2.45, 2.75) is 53.1 Å². The summed E-state index contributed by atoms with van der Waals surface area (Å²) in [7, 11) is -2.62. The quantitative estimate of drug-likeness (QED) is 0.122. The van der Waals surface area contributed by atoms with Crippen LogP contribution in [0, 0.1) is 6.92 Å². The lowest BCUT2D eigenvalue weighted by molar-refractivity contribution is -0.191. The number of ether oxygens (including phenoxy) is 1. The highest BCUT2D eigenvalue weighted by Gasteiger charge is 2.50. The van der Waals surface area contributed by atoms with Gasteiger partial charge in [-0.1, -0.05) is 99.1 Å². The minimum absolute atomic E-state index is 0.0423. The maximum atomic E-state index is 12.4. The van der Waals surface area contributed by atoms with Crippen LogP contribution in [0.4, 0.5) is 0 Å². The van der Waals surface area contributed by atoms with Gasteiger partial charge in [0.2, 0.25) is 0 Å². The molecular formula is C35H40N2O6Si. The molecule has 0 bridgehead atoms. The molecule has 0 atom stereocenters. The van der Waals surface area contributed by atoms with Crippen LogP contribution in [0.15, 0.2) is 85.1 Å². The Kier molecular flexibility index (Phi) is 12.0. The van der Waals surface area contributed by atoms with Crippen molar-refractivity contribution in [2.75, 3.05) is 19.8 Å². The third-order valence-corrected chi connectivity index (χ3v) is 12.4. The van der Waals surface area contributed by atoms with Crippen LogP contribution in [0.25, 0.3) is 11.4 Å². The first-order valence-electron chi connectivity index (χ1n) is 14.5. The number of carbonyl (C=O) groups is 2. The van der Waals surface area contributed by atoms with Crippen molar-refractivity contribution in [1.29, 1.82) is 0 Å². The molecule has 0 fully saturated rings. The largest absolute Gasteiger partial charge is 0.405 e. The highest BCUT2D eigenvalue weighted by atomic mass is 28.4. The number of nitrogens with zero attached hydrogens (tertiary/aromatic N) is 2. The minimum atomic E-state index is -2.62. The lowest BCUT2D eigenvalue weighted by atomic mass is 10.0. The molecule has 0 spiro atoms. The Hall–Kier alpha value is -4.27. The average Bonchev–Trinajstić information content (AvgIpc) is 3.42. The number of ketones is 2. The molecule has 3 aromatic carbocycles. The van der Waals surface area contributed by atoms with Crippen LogP contribution in [0.1, 0.15) is 61.0 Å². The number of imidazole rings is 1. The van der Waals surface area contributed by atoms with Gasteiger partial charge in [0.1, 0.15) is 11.5 Å². The van der Waals surface area contributed by atoms with Crippen molar-refractivity contribution in [2.24, 2.45) is 0 Å². The summed E-state index contributed by atoms with van der Waals surface area (Å²) in [6.07, 6.45) is 1.99. The summed E-state index contributed by atoms with van der Waals surface area (Å²) in [5.41, 5.74) is 2.66. The molecule has 8 nitrogen and oxygen atoms in total. The van der Waals surface area contributed by atoms with Crippen LogP contribution in [0.3, 0.4) is 0 Å². The van der Waals surface area contributed by atoms with Gasteiger partial charge in [-0.05, 0) is 35.3 Å². The van der Waals surface area contributed by atoms with E-state index in [1.54, 1.807) is 13.1 Å². The first-order chi connectivity index (χ1) is 21.0. The van der Waals surface area contributed by atoms with Gasteiger partial charge in [-0.2, -0.15) is 9.59 Å². The van der Waals surface area contributed by atoms with Gasteiger partial charge in [0.25, 0.3) is 8.32 Å². The van der Waals surface area contributed by atoms with Gasteiger partial charge < -0.3 is 13.7 Å². The lowest BCUT2D eigenvalue weighted by Gasteiger charge is -2.43. The van der Waals surface area contributed by atoms with Crippen molar-refractivity contribution < 1.29 is 28.3 Å². The van der Waals surface area contributed by atoms with Gasteiger partial charge >= 0.3 is 6.15 Å². The monoisotopic (exact) mass is 612 g/mol. The molecule has 0 radical (unpaired) electrons. The van der Waals surface area contributed by atoms with Gasteiger partial charge in [-0.15, -0.1) is 0 Å². The zero-order valence-electron chi connectivity index (χ0n) is 26.3. The number of hydrogen-bond donors (Lipinski definition) is 0. The fourth-order valence-electron chi connectivity index (χ4n) is 5.40. The van der Waals surface area contributed by atoms with E-state index in [1.807, 2.05) is 41.8 Å². The Labute approximate surface area is 260 Å². The maximum Gasteiger partial charge on any atom is 0.373 e. The molecule has 230 valence electrons. The van der Waals surface area contributed by atoms with Crippen LogP contribution in [0.2, 0.25) is 5.04 Å². The topological polar surface area (TPSA) is 105 Å². The number of carbonyl (C=O) groups excluding carboxylic acids is 4. The van der Waals surface area contributed by atoms with Crippen LogP contribution < -0.4 is 10.4 Å². The molecule has 9 heteroatoms. The Morgan fingerprint density at radius 2 is 1.41 bits per heavy atom. The Balaban J connectivity index is 0.00000169. The van der Waals surface area contributed by atoms with Crippen LogP contribution in [-0.2, 0) is 25.3 Å². The van der Waals surface area contributed by atoms with Crippen molar-refractivity contribution in [3.05, 3.63) is 102 Å². The van der Waals surface area contributed by atoms with Gasteiger partial charge in [0.05, 0.1) is 19.8 Å². The fourth-order valence-corrected chi connectivity index (χ4v) is 9.94. The molecule has 0 N–H and O–H groups in total. The van der Waals surface area contributed by atoms with E-state index in [1.165, 1.54) is 17.3 Å². The number of aryl methyl sites for hydroxylation is 1. The van der Waals surface area contributed by atoms with E-state index in [0.717, 1.165) is 5.56 Å². The smallest absolute Gasteiger partial charge is 0.373 e. The molecule has 0 unspecified atom stereocenters. The van der Waals surface area contributed by atoms with Crippen molar-refractivity contribution in [1.82, 2.24) is 9.55 Å². The van der Waals surface area contributed by atoms with E-state index >= 15 is 0 Å². The number of rotatable bonds is 12. The summed E-state index contributed by atoms with van der Waals surface area (Å²) in [6, 6.07) is 26.8. The molecule has 4 rings (SSSR count). The van der Waals surface area contributed by atoms with Crippen LogP contribution in [-0.4, -0.2) is 55.4 Å². The highest BCUT2D eigenvalue weighted by molar-refractivity contribution is 6.99. The summed E-state index contributed by atoms with van der Waals surface area (Å²) in [4.78, 5) is 45.4. The van der Waals surface area contributed by atoms with E-state index < -0.39 is 8.32 Å². The first kappa shape index (κ1) is 34.2. The highest BCUT2D eigenvalue weighted by Crippen LogP contribution is 2.36. The molecule has 0 saturated heterocycles. The number of hydrogen-bond acceptors (Lipinski definition) is 7. The maximum absolute atomic E-state index is 12.4. The summed E-state index contributed by atoms with van der Waals surface area (Å²) >= 11 is 0. The normalized spacial score (nSPS) is 11.3. The van der Waals surface area contributed by atoms with E-state index in [2.05, 4.69) is 74.3 Å². The van der Waals surface area contributed by atoms with Crippen LogP contribution in [0.5, 0.6) is 0 Å². The molecule has 44 heavy (non-hydrogen) atoms. The van der Waals surface area contributed by atoms with Crippen LogP contribution >= 0.6 is 0 Å². The lowest BCUT2D eigenvalue weighted by Crippen LogP contribution is -2.66. The number of Topliss-reactive ketones (excluding diaryl/α,β-unsaturated/α-hetero) is 2. The van der Waals surface area contributed by atoms with Gasteiger partial charge in [-0.25, -0.2) is 4.98 Å². The second-order valence-electron chi connectivity index (χ2n) is 11.5. The zero-order valence-corrected chi connectivity index (χ0v) is 27.3. The summed E-state index contributed by atoms with van der Waals surface area (Å²) in [6.45, 7) is 13.5. The average molecular weight is 613 g/mol. The first-order valence-corrected chi connectivity index (χ1v) is 16.4. The predicted molar refractivity (Wildman–Crippen MR) is 172 cm³/mol. The second-order valence-corrected chi connectivity index (χ2v) is 15.8. The number of benzene rings is 3. The molecule has 0 aliphatic carbocycles. The predicted octanol–water partition coefficient (Wildman–Crippen LogP) is 5.27. The van der Waals surface area contributed by atoms with E-state index in [9.17, 15) is 9.59 Å². The van der Waals surface area contributed by atoms with Crippen molar-refractivity contribution in [3.63, 3.8) is 0 Å². The number of aromatic nitrogens is 2. The van der Waals surface area contributed by atoms with E-state index in [0.29, 0.717) is 49.0 Å². The van der Waals surface area contributed by atoms with Gasteiger partial charge in [-0.3, -0.25) is 9.59 Å². The van der Waals surface area contributed by atoms with Gasteiger partial charge in [0.15, 0.2) is 11.6 Å². The standard InChI is InChI=1S/C34H40N2O4Si.CO2/c1-25-17-18-30(31(23-25)26(2)37)33-35-32(27(3)38)24-36(33)19-20-39-21-22-40-41(34(4,5)6,28-13-9-7-10-14-28)29-15-11-8-12-16-29;2-1-3/h7-18,23-24H,19-22H2,1-6H3;. The zero-order chi connectivity index (χ0) is 32.3. The molecule has 0 aliphatic rings. The molecule has 1 aromatic heterocycles. The molecular weight excluding hydrogens is 572 g/mol. The molecule has 4 aromatic rings. The molecule has 0 aliphatic heterocycles. The molecule has 1 heterocycles. The van der Waals surface area contributed by atoms with Crippen molar-refractivity contribution in [3.8, 4) is 11.4 Å². The molecule has 0 saturated carbocycles. The van der Waals surface area contributed by atoms with E-state index in [4.69, 9.17) is 18.8 Å². The third kappa shape index (κ3) is 8.01. The summed E-state index contributed by atoms with van der Waals surface area (Å²) < 4.78 is 14.9. The Bertz CT molecular complexity index is 1550. The van der Waals surface area contributed by atoms with Crippen molar-refractivity contribution >= 4 is 36.4 Å². The summed E-state index contributed by atoms with van der Waals surface area (Å²) in [5, 5.41) is 2.36.